The van der Waals surface area contributed by atoms with E-state index in [2.05, 4.69) is 26.8 Å². The summed E-state index contributed by atoms with van der Waals surface area (Å²) in [6, 6.07) is 0. The molecule has 3 nitrogen and oxygen atoms in total. The van der Waals surface area contributed by atoms with Crippen molar-refractivity contribution in [3.05, 3.63) is 11.6 Å². The monoisotopic (exact) mass is 250 g/mol. The van der Waals surface area contributed by atoms with E-state index in [4.69, 9.17) is 9.47 Å². The highest BCUT2D eigenvalue weighted by Crippen LogP contribution is 2.71. The third-order valence-corrected chi connectivity index (χ3v) is 6.56. The zero-order valence-corrected chi connectivity index (χ0v) is 11.4. The number of hydrogen-bond acceptors (Lipinski definition) is 3. The first-order chi connectivity index (χ1) is 8.44. The van der Waals surface area contributed by atoms with Gasteiger partial charge in [0.05, 0.1) is 24.9 Å². The molecular formula is C15H22O3. The van der Waals surface area contributed by atoms with Crippen LogP contribution in [0.3, 0.4) is 0 Å². The molecule has 0 radical (unpaired) electrons. The van der Waals surface area contributed by atoms with Gasteiger partial charge in [-0.2, -0.15) is 0 Å². The van der Waals surface area contributed by atoms with Crippen molar-refractivity contribution < 1.29 is 14.6 Å². The van der Waals surface area contributed by atoms with Gasteiger partial charge in [-0.3, -0.25) is 0 Å². The van der Waals surface area contributed by atoms with Crippen LogP contribution in [0.25, 0.3) is 0 Å². The molecule has 2 heterocycles. The highest BCUT2D eigenvalue weighted by Gasteiger charge is 2.80. The van der Waals surface area contributed by atoms with Crippen molar-refractivity contribution in [1.82, 2.24) is 0 Å². The molecule has 3 heteroatoms. The lowest BCUT2D eigenvalue weighted by atomic mass is 9.52. The molecule has 0 unspecified atom stereocenters. The Morgan fingerprint density at radius 1 is 1.39 bits per heavy atom. The van der Waals surface area contributed by atoms with Gasteiger partial charge in [0.25, 0.3) is 0 Å². The van der Waals surface area contributed by atoms with Crippen molar-refractivity contribution in [1.29, 1.82) is 0 Å². The molecule has 2 saturated heterocycles. The first-order valence-corrected chi connectivity index (χ1v) is 7.09. The molecule has 2 aliphatic heterocycles. The van der Waals surface area contributed by atoms with Crippen LogP contribution in [-0.4, -0.2) is 35.6 Å². The zero-order chi connectivity index (χ0) is 12.8. The molecule has 0 aromatic carbocycles. The van der Waals surface area contributed by atoms with Gasteiger partial charge in [0.15, 0.2) is 0 Å². The fourth-order valence-electron chi connectivity index (χ4n) is 4.88. The number of fused-ring (bicyclic) bond motifs is 2. The second kappa shape index (κ2) is 3.02. The number of epoxide rings is 1. The number of ether oxygens (including phenoxy) is 2. The molecular weight excluding hydrogens is 228 g/mol. The van der Waals surface area contributed by atoms with Crippen molar-refractivity contribution in [3.63, 3.8) is 0 Å². The standard InChI is InChI=1S/C15H22O3/c1-9-4-5-13(2)11(6-9)18-12-7-10(16)14(13,3)15(12)8-17-15/h6,10-12,16H,4-5,7-8H2,1-3H3/t10-,11+,12+,13-,14+,15-/m0/s1. The van der Waals surface area contributed by atoms with Crippen molar-refractivity contribution >= 4 is 0 Å². The summed E-state index contributed by atoms with van der Waals surface area (Å²) in [4.78, 5) is 0. The largest absolute Gasteiger partial charge is 0.392 e. The van der Waals surface area contributed by atoms with Gasteiger partial charge in [0, 0.05) is 17.3 Å². The van der Waals surface area contributed by atoms with E-state index in [0.717, 1.165) is 25.9 Å². The van der Waals surface area contributed by atoms with Crippen LogP contribution in [0.5, 0.6) is 0 Å². The minimum Gasteiger partial charge on any atom is -0.392 e. The van der Waals surface area contributed by atoms with E-state index in [0.29, 0.717) is 0 Å². The maximum atomic E-state index is 10.6. The van der Waals surface area contributed by atoms with Crippen LogP contribution >= 0.6 is 0 Å². The summed E-state index contributed by atoms with van der Waals surface area (Å²) in [5, 5.41) is 10.6. The summed E-state index contributed by atoms with van der Waals surface area (Å²) in [5.41, 5.74) is 1.05. The fourth-order valence-corrected chi connectivity index (χ4v) is 4.88. The van der Waals surface area contributed by atoms with E-state index in [-0.39, 0.29) is 34.7 Å². The van der Waals surface area contributed by atoms with Crippen molar-refractivity contribution in [2.24, 2.45) is 10.8 Å². The van der Waals surface area contributed by atoms with Gasteiger partial charge in [-0.25, -0.2) is 0 Å². The molecule has 4 aliphatic rings. The third-order valence-electron chi connectivity index (χ3n) is 6.56. The Labute approximate surface area is 108 Å². The molecule has 2 bridgehead atoms. The molecule has 1 saturated carbocycles. The van der Waals surface area contributed by atoms with Gasteiger partial charge in [0.1, 0.15) is 5.60 Å². The fraction of sp³-hybridized carbons (Fsp3) is 0.867. The number of aliphatic hydroxyl groups is 1. The van der Waals surface area contributed by atoms with Gasteiger partial charge >= 0.3 is 0 Å². The molecule has 100 valence electrons. The maximum absolute atomic E-state index is 10.6. The average Bonchev–Trinajstić information content (AvgIpc) is 3.08. The van der Waals surface area contributed by atoms with Gasteiger partial charge in [-0.15, -0.1) is 0 Å². The average molecular weight is 250 g/mol. The van der Waals surface area contributed by atoms with Crippen LogP contribution in [0.4, 0.5) is 0 Å². The van der Waals surface area contributed by atoms with Crippen molar-refractivity contribution in [3.8, 4) is 0 Å². The highest BCUT2D eigenvalue weighted by molar-refractivity contribution is 5.31. The van der Waals surface area contributed by atoms with E-state index in [1.165, 1.54) is 5.57 Å². The summed E-state index contributed by atoms with van der Waals surface area (Å²) in [7, 11) is 0. The van der Waals surface area contributed by atoms with Crippen LogP contribution in [0.1, 0.15) is 40.0 Å². The predicted octanol–water partition coefficient (Wildman–Crippen LogP) is 2.04. The van der Waals surface area contributed by atoms with Crippen molar-refractivity contribution in [2.75, 3.05) is 6.61 Å². The SMILES string of the molecule is CC1=C[C@H]2O[C@@H]3C[C@H](O)[C@](C)([C@@]2(C)CC1)[C@]31CO1. The Balaban J connectivity index is 1.88. The molecule has 0 aromatic heterocycles. The molecule has 18 heavy (non-hydrogen) atoms. The Morgan fingerprint density at radius 2 is 2.11 bits per heavy atom. The molecule has 0 amide bonds. The van der Waals surface area contributed by atoms with E-state index in [1.807, 2.05) is 0 Å². The molecule has 6 atom stereocenters. The lowest BCUT2D eigenvalue weighted by Crippen LogP contribution is -2.63. The molecule has 1 spiro atoms. The van der Waals surface area contributed by atoms with Gasteiger partial charge in [0.2, 0.25) is 0 Å². The van der Waals surface area contributed by atoms with E-state index in [1.54, 1.807) is 0 Å². The Bertz CT molecular complexity index is 439. The van der Waals surface area contributed by atoms with Crippen LogP contribution in [0.15, 0.2) is 11.6 Å². The molecule has 0 aromatic rings. The van der Waals surface area contributed by atoms with Crippen LogP contribution < -0.4 is 0 Å². The van der Waals surface area contributed by atoms with Crippen LogP contribution in [0.2, 0.25) is 0 Å². The maximum Gasteiger partial charge on any atom is 0.126 e. The Morgan fingerprint density at radius 3 is 2.78 bits per heavy atom. The number of hydrogen-bond donors (Lipinski definition) is 1. The highest BCUT2D eigenvalue weighted by atomic mass is 16.6. The summed E-state index contributed by atoms with van der Waals surface area (Å²) in [5.74, 6) is 0. The van der Waals surface area contributed by atoms with Crippen LogP contribution in [0, 0.1) is 10.8 Å². The molecule has 3 fully saturated rings. The molecule has 2 aliphatic carbocycles. The first-order valence-electron chi connectivity index (χ1n) is 7.09. The van der Waals surface area contributed by atoms with Gasteiger partial charge in [-0.05, 0) is 19.8 Å². The lowest BCUT2D eigenvalue weighted by molar-refractivity contribution is -0.204. The first kappa shape index (κ1) is 11.4. The van der Waals surface area contributed by atoms with Crippen LogP contribution in [-0.2, 0) is 9.47 Å². The number of rotatable bonds is 0. The van der Waals surface area contributed by atoms with Gasteiger partial charge in [-0.1, -0.05) is 25.5 Å². The summed E-state index contributed by atoms with van der Waals surface area (Å²) in [6.45, 7) is 7.46. The minimum absolute atomic E-state index is 0.00454. The van der Waals surface area contributed by atoms with Gasteiger partial charge < -0.3 is 14.6 Å². The normalized spacial score (nSPS) is 61.6. The zero-order valence-electron chi connectivity index (χ0n) is 11.4. The minimum atomic E-state index is -0.299. The van der Waals surface area contributed by atoms with E-state index in [9.17, 15) is 5.11 Å². The summed E-state index contributed by atoms with van der Waals surface area (Å²) in [6.07, 6.45) is 5.14. The number of aliphatic hydroxyl groups excluding tert-OH is 1. The Kier molecular flexibility index (Phi) is 1.92. The smallest absolute Gasteiger partial charge is 0.126 e. The lowest BCUT2D eigenvalue weighted by Gasteiger charge is -2.57. The second-order valence-corrected chi connectivity index (χ2v) is 7.11. The van der Waals surface area contributed by atoms with E-state index >= 15 is 0 Å². The molecule has 1 N–H and O–H groups in total. The second-order valence-electron chi connectivity index (χ2n) is 7.11. The Hall–Kier alpha value is -0.380. The van der Waals surface area contributed by atoms with Crippen molar-refractivity contribution in [2.45, 2.75) is 63.9 Å². The van der Waals surface area contributed by atoms with E-state index < -0.39 is 0 Å². The third kappa shape index (κ3) is 0.972. The summed E-state index contributed by atoms with van der Waals surface area (Å²) < 4.78 is 12.1. The quantitative estimate of drug-likeness (QED) is 0.528. The predicted molar refractivity (Wildman–Crippen MR) is 67.2 cm³/mol. The molecule has 4 rings (SSSR count). The number of allylic oxidation sites excluding steroid dienone is 1. The summed E-state index contributed by atoms with van der Waals surface area (Å²) >= 11 is 0. The topological polar surface area (TPSA) is 42.0 Å².